The SMILES string of the molecule is Cc1c(C(F)(F)F)cccc1S(=O)(=O)N(CC#N)C(C)C. The summed E-state index contributed by atoms with van der Waals surface area (Å²) in [5.74, 6) is 0. The van der Waals surface area contributed by atoms with Crippen LogP contribution in [0.25, 0.3) is 0 Å². The van der Waals surface area contributed by atoms with Gasteiger partial charge in [0, 0.05) is 6.04 Å². The first kappa shape index (κ1) is 17.5. The minimum atomic E-state index is -4.63. The number of sulfonamides is 1. The van der Waals surface area contributed by atoms with Crippen LogP contribution in [0.5, 0.6) is 0 Å². The highest BCUT2D eigenvalue weighted by molar-refractivity contribution is 7.89. The molecule has 0 fully saturated rings. The molecule has 0 amide bonds. The van der Waals surface area contributed by atoms with E-state index in [4.69, 9.17) is 5.26 Å². The summed E-state index contributed by atoms with van der Waals surface area (Å²) in [6.07, 6.45) is -4.63. The lowest BCUT2D eigenvalue weighted by Gasteiger charge is -2.24. The van der Waals surface area contributed by atoms with Crippen LogP contribution in [0.2, 0.25) is 0 Å². The van der Waals surface area contributed by atoms with Crippen LogP contribution in [0, 0.1) is 18.3 Å². The number of hydrogen-bond acceptors (Lipinski definition) is 3. The zero-order chi connectivity index (χ0) is 16.4. The van der Waals surface area contributed by atoms with E-state index in [2.05, 4.69) is 0 Å². The fourth-order valence-electron chi connectivity index (χ4n) is 1.94. The second kappa shape index (κ2) is 6.03. The van der Waals surface area contributed by atoms with E-state index in [1.54, 1.807) is 19.9 Å². The lowest BCUT2D eigenvalue weighted by atomic mass is 10.1. The van der Waals surface area contributed by atoms with Crippen LogP contribution in [0.15, 0.2) is 23.1 Å². The van der Waals surface area contributed by atoms with Crippen molar-refractivity contribution in [3.8, 4) is 6.07 Å². The Bertz CT molecular complexity index is 661. The van der Waals surface area contributed by atoms with Crippen LogP contribution >= 0.6 is 0 Å². The normalized spacial score (nSPS) is 12.7. The number of halogens is 3. The largest absolute Gasteiger partial charge is 0.416 e. The van der Waals surface area contributed by atoms with Gasteiger partial charge in [0.2, 0.25) is 10.0 Å². The van der Waals surface area contributed by atoms with Gasteiger partial charge in [0.15, 0.2) is 0 Å². The molecule has 0 spiro atoms. The number of benzene rings is 1. The zero-order valence-electron chi connectivity index (χ0n) is 11.8. The maximum absolute atomic E-state index is 12.9. The molecule has 1 aromatic rings. The van der Waals surface area contributed by atoms with E-state index in [0.717, 1.165) is 29.4 Å². The van der Waals surface area contributed by atoms with Crippen LogP contribution in [0.1, 0.15) is 25.0 Å². The first-order valence-corrected chi connectivity index (χ1v) is 7.53. The number of rotatable bonds is 4. The first-order chi connectivity index (χ1) is 9.53. The van der Waals surface area contributed by atoms with Gasteiger partial charge in [0.1, 0.15) is 6.54 Å². The van der Waals surface area contributed by atoms with Gasteiger partial charge in [-0.15, -0.1) is 0 Å². The maximum atomic E-state index is 12.9. The molecule has 0 aliphatic rings. The molecule has 0 aliphatic carbocycles. The summed E-state index contributed by atoms with van der Waals surface area (Å²) in [6, 6.07) is 4.17. The molecule has 8 heteroatoms. The van der Waals surface area contributed by atoms with Crippen molar-refractivity contribution in [1.82, 2.24) is 4.31 Å². The summed E-state index contributed by atoms with van der Waals surface area (Å²) < 4.78 is 64.4. The van der Waals surface area contributed by atoms with E-state index in [-0.39, 0.29) is 5.56 Å². The molecule has 0 saturated carbocycles. The Kier molecular flexibility index (Phi) is 5.02. The fraction of sp³-hybridized carbons (Fsp3) is 0.462. The van der Waals surface area contributed by atoms with Crippen molar-refractivity contribution in [2.75, 3.05) is 6.54 Å². The van der Waals surface area contributed by atoms with Crippen LogP contribution in [-0.2, 0) is 16.2 Å². The molecular weight excluding hydrogens is 305 g/mol. The van der Waals surface area contributed by atoms with Crippen molar-refractivity contribution in [3.63, 3.8) is 0 Å². The standard InChI is InChI=1S/C13H15F3N2O2S/c1-9(2)18(8-7-17)21(19,20)12-6-4-5-11(10(12)3)13(14,15)16/h4-6,9H,8H2,1-3H3. The summed E-state index contributed by atoms with van der Waals surface area (Å²) in [6.45, 7) is 3.80. The molecule has 0 heterocycles. The second-order valence-corrected chi connectivity index (χ2v) is 6.59. The molecule has 1 rings (SSSR count). The summed E-state index contributed by atoms with van der Waals surface area (Å²) in [5, 5.41) is 8.71. The molecule has 0 aliphatic heterocycles. The molecule has 0 N–H and O–H groups in total. The molecule has 116 valence electrons. The van der Waals surface area contributed by atoms with Crippen molar-refractivity contribution in [1.29, 1.82) is 5.26 Å². The van der Waals surface area contributed by atoms with Crippen LogP contribution in [0.4, 0.5) is 13.2 Å². The van der Waals surface area contributed by atoms with E-state index in [0.29, 0.717) is 0 Å². The smallest absolute Gasteiger partial charge is 0.207 e. The van der Waals surface area contributed by atoms with Gasteiger partial charge in [-0.1, -0.05) is 6.07 Å². The highest BCUT2D eigenvalue weighted by Gasteiger charge is 2.36. The molecule has 1 aromatic carbocycles. The number of nitrogens with zero attached hydrogens (tertiary/aromatic N) is 2. The van der Waals surface area contributed by atoms with E-state index < -0.39 is 39.2 Å². The van der Waals surface area contributed by atoms with Gasteiger partial charge in [-0.25, -0.2) is 8.42 Å². The monoisotopic (exact) mass is 320 g/mol. The molecule has 0 saturated heterocycles. The Balaban J connectivity index is 3.50. The fourth-order valence-corrected chi connectivity index (χ4v) is 3.72. The Morgan fingerprint density at radius 2 is 1.90 bits per heavy atom. The van der Waals surface area contributed by atoms with Crippen LogP contribution < -0.4 is 0 Å². The van der Waals surface area contributed by atoms with E-state index in [1.165, 1.54) is 0 Å². The molecule has 4 nitrogen and oxygen atoms in total. The molecule has 0 bridgehead atoms. The van der Waals surface area contributed by atoms with Crippen molar-refractivity contribution in [2.45, 2.75) is 37.9 Å². The first-order valence-electron chi connectivity index (χ1n) is 6.09. The van der Waals surface area contributed by atoms with Gasteiger partial charge >= 0.3 is 6.18 Å². The highest BCUT2D eigenvalue weighted by atomic mass is 32.2. The minimum absolute atomic E-state index is 0.367. The third-order valence-electron chi connectivity index (χ3n) is 2.98. The minimum Gasteiger partial charge on any atom is -0.207 e. The zero-order valence-corrected chi connectivity index (χ0v) is 12.6. The lowest BCUT2D eigenvalue weighted by Crippen LogP contribution is -2.37. The Hall–Kier alpha value is -1.59. The summed E-state index contributed by atoms with van der Waals surface area (Å²) in [5.41, 5.74) is -1.36. The quantitative estimate of drug-likeness (QED) is 0.801. The summed E-state index contributed by atoms with van der Waals surface area (Å²) in [4.78, 5) is -0.429. The molecular formula is C13H15F3N2O2S. The third-order valence-corrected chi connectivity index (χ3v) is 5.14. The van der Waals surface area contributed by atoms with Crippen molar-refractivity contribution < 1.29 is 21.6 Å². The van der Waals surface area contributed by atoms with Crippen molar-refractivity contribution in [2.24, 2.45) is 0 Å². The molecule has 0 unspecified atom stereocenters. The topological polar surface area (TPSA) is 61.2 Å². The average Bonchev–Trinajstić information content (AvgIpc) is 2.33. The summed E-state index contributed by atoms with van der Waals surface area (Å²) >= 11 is 0. The Labute approximate surface area is 121 Å². The van der Waals surface area contributed by atoms with Gasteiger partial charge in [-0.2, -0.15) is 22.7 Å². The number of alkyl halides is 3. The van der Waals surface area contributed by atoms with Gasteiger partial charge < -0.3 is 0 Å². The lowest BCUT2D eigenvalue weighted by molar-refractivity contribution is -0.138. The number of nitriles is 1. The van der Waals surface area contributed by atoms with E-state index in [1.807, 2.05) is 0 Å². The van der Waals surface area contributed by atoms with E-state index >= 15 is 0 Å². The van der Waals surface area contributed by atoms with Gasteiger partial charge in [0.05, 0.1) is 16.5 Å². The Morgan fingerprint density at radius 1 is 1.33 bits per heavy atom. The third kappa shape index (κ3) is 3.54. The van der Waals surface area contributed by atoms with Crippen molar-refractivity contribution >= 4 is 10.0 Å². The second-order valence-electron chi connectivity index (χ2n) is 4.73. The van der Waals surface area contributed by atoms with Crippen molar-refractivity contribution in [3.05, 3.63) is 29.3 Å². The molecule has 0 aromatic heterocycles. The van der Waals surface area contributed by atoms with Crippen LogP contribution in [-0.4, -0.2) is 25.3 Å². The molecule has 0 radical (unpaired) electrons. The average molecular weight is 320 g/mol. The van der Waals surface area contributed by atoms with Crippen LogP contribution in [0.3, 0.4) is 0 Å². The Morgan fingerprint density at radius 3 is 2.33 bits per heavy atom. The van der Waals surface area contributed by atoms with Gasteiger partial charge in [-0.05, 0) is 38.5 Å². The highest BCUT2D eigenvalue weighted by Crippen LogP contribution is 2.35. The predicted molar refractivity (Wildman–Crippen MR) is 70.8 cm³/mol. The van der Waals surface area contributed by atoms with Gasteiger partial charge in [0.25, 0.3) is 0 Å². The maximum Gasteiger partial charge on any atom is 0.416 e. The predicted octanol–water partition coefficient (Wildman–Crippen LogP) is 2.94. The summed E-state index contributed by atoms with van der Waals surface area (Å²) in [7, 11) is -4.17. The molecule has 0 atom stereocenters. The van der Waals surface area contributed by atoms with E-state index in [9.17, 15) is 21.6 Å². The van der Waals surface area contributed by atoms with Gasteiger partial charge in [-0.3, -0.25) is 0 Å². The number of hydrogen-bond donors (Lipinski definition) is 0. The molecule has 21 heavy (non-hydrogen) atoms.